The summed E-state index contributed by atoms with van der Waals surface area (Å²) in [6, 6.07) is 0. The standard InChI is InChI=1S/C11H13N3O4/c1-12-8-6-14(4-3-9(15)16)5-7(8)10(17)13(2)11(12)18/h5-6H,3-4H2,1-2H3,(H,15,16). The monoisotopic (exact) mass is 251 g/mol. The van der Waals surface area contributed by atoms with E-state index in [0.717, 1.165) is 4.57 Å². The zero-order valence-electron chi connectivity index (χ0n) is 10.1. The second kappa shape index (κ2) is 4.17. The van der Waals surface area contributed by atoms with Crippen molar-refractivity contribution >= 4 is 16.9 Å². The maximum absolute atomic E-state index is 11.9. The average molecular weight is 251 g/mol. The second-order valence-corrected chi connectivity index (χ2v) is 4.14. The fourth-order valence-electron chi connectivity index (χ4n) is 1.88. The van der Waals surface area contributed by atoms with E-state index in [1.54, 1.807) is 24.0 Å². The second-order valence-electron chi connectivity index (χ2n) is 4.14. The summed E-state index contributed by atoms with van der Waals surface area (Å²) < 4.78 is 4.01. The molecule has 2 aromatic rings. The first-order chi connectivity index (χ1) is 8.41. The van der Waals surface area contributed by atoms with E-state index in [0.29, 0.717) is 10.9 Å². The lowest BCUT2D eigenvalue weighted by molar-refractivity contribution is -0.137. The number of carboxylic acids is 1. The van der Waals surface area contributed by atoms with E-state index < -0.39 is 11.7 Å². The van der Waals surface area contributed by atoms with Gasteiger partial charge in [0.05, 0.1) is 17.3 Å². The topological polar surface area (TPSA) is 86.2 Å². The Bertz CT molecular complexity index is 735. The van der Waals surface area contributed by atoms with E-state index in [4.69, 9.17) is 5.11 Å². The Balaban J connectivity index is 2.61. The van der Waals surface area contributed by atoms with Crippen molar-refractivity contribution in [2.24, 2.45) is 14.1 Å². The largest absolute Gasteiger partial charge is 0.481 e. The van der Waals surface area contributed by atoms with Crippen LogP contribution in [0.2, 0.25) is 0 Å². The molecule has 0 atom stereocenters. The highest BCUT2D eigenvalue weighted by Gasteiger charge is 2.11. The van der Waals surface area contributed by atoms with Crippen molar-refractivity contribution < 1.29 is 9.90 Å². The molecule has 0 unspecified atom stereocenters. The summed E-state index contributed by atoms with van der Waals surface area (Å²) in [6.07, 6.45) is 3.15. The van der Waals surface area contributed by atoms with Crippen molar-refractivity contribution in [3.63, 3.8) is 0 Å². The first-order valence-corrected chi connectivity index (χ1v) is 5.39. The number of carbonyl (C=O) groups is 1. The highest BCUT2D eigenvalue weighted by Crippen LogP contribution is 2.09. The van der Waals surface area contributed by atoms with Crippen LogP contribution in [0.3, 0.4) is 0 Å². The molecule has 7 heteroatoms. The van der Waals surface area contributed by atoms with Crippen LogP contribution in [0.5, 0.6) is 0 Å². The molecule has 0 amide bonds. The molecule has 0 saturated carbocycles. The lowest BCUT2D eigenvalue weighted by Crippen LogP contribution is -2.36. The van der Waals surface area contributed by atoms with Crippen molar-refractivity contribution in [2.75, 3.05) is 0 Å². The summed E-state index contributed by atoms with van der Waals surface area (Å²) in [4.78, 5) is 34.1. The zero-order chi connectivity index (χ0) is 13.4. The van der Waals surface area contributed by atoms with Gasteiger partial charge >= 0.3 is 11.7 Å². The summed E-state index contributed by atoms with van der Waals surface area (Å²) in [5.41, 5.74) is -0.265. The Labute approximate surface area is 101 Å². The Morgan fingerprint density at radius 3 is 2.50 bits per heavy atom. The van der Waals surface area contributed by atoms with Gasteiger partial charge in [0.2, 0.25) is 0 Å². The van der Waals surface area contributed by atoms with Gasteiger partial charge in [-0.05, 0) is 0 Å². The van der Waals surface area contributed by atoms with E-state index in [-0.39, 0.29) is 18.5 Å². The van der Waals surface area contributed by atoms with Gasteiger partial charge in [0.1, 0.15) is 0 Å². The Hall–Kier alpha value is -2.31. The van der Waals surface area contributed by atoms with Crippen molar-refractivity contribution in [2.45, 2.75) is 13.0 Å². The molecule has 7 nitrogen and oxygen atoms in total. The molecule has 1 N–H and O–H groups in total. The molecule has 0 fully saturated rings. The van der Waals surface area contributed by atoms with Crippen LogP contribution in [-0.2, 0) is 25.4 Å². The maximum Gasteiger partial charge on any atom is 0.330 e. The number of nitrogens with zero attached hydrogens (tertiary/aromatic N) is 3. The van der Waals surface area contributed by atoms with Gasteiger partial charge in [-0.1, -0.05) is 0 Å². The lowest BCUT2D eigenvalue weighted by atomic mass is 10.4. The van der Waals surface area contributed by atoms with Crippen molar-refractivity contribution in [1.82, 2.24) is 13.7 Å². The third-order valence-corrected chi connectivity index (χ3v) is 2.91. The number of hydrogen-bond donors (Lipinski definition) is 1. The van der Waals surface area contributed by atoms with Crippen molar-refractivity contribution in [3.05, 3.63) is 33.2 Å². The minimum atomic E-state index is -0.908. The van der Waals surface area contributed by atoms with Crippen LogP contribution in [0, 0.1) is 0 Å². The van der Waals surface area contributed by atoms with Gasteiger partial charge in [-0.2, -0.15) is 0 Å². The molecular weight excluding hydrogens is 238 g/mol. The number of hydrogen-bond acceptors (Lipinski definition) is 3. The predicted molar refractivity (Wildman–Crippen MR) is 64.7 cm³/mol. The molecule has 0 saturated heterocycles. The molecule has 18 heavy (non-hydrogen) atoms. The number of carboxylic acid groups (broad SMARTS) is 1. The van der Waals surface area contributed by atoms with Crippen LogP contribution in [0.25, 0.3) is 10.9 Å². The summed E-state index contributed by atoms with van der Waals surface area (Å²) in [5, 5.41) is 9.02. The smallest absolute Gasteiger partial charge is 0.330 e. The Kier molecular flexibility index (Phi) is 2.82. The first kappa shape index (κ1) is 12.2. The van der Waals surface area contributed by atoms with Gasteiger partial charge in [0, 0.05) is 33.0 Å². The van der Waals surface area contributed by atoms with Crippen molar-refractivity contribution in [1.29, 1.82) is 0 Å². The zero-order valence-corrected chi connectivity index (χ0v) is 10.1. The Morgan fingerprint density at radius 2 is 1.89 bits per heavy atom. The molecule has 0 aliphatic heterocycles. The lowest BCUT2D eigenvalue weighted by Gasteiger charge is -2.02. The van der Waals surface area contributed by atoms with Crippen LogP contribution in [0.1, 0.15) is 6.42 Å². The summed E-state index contributed by atoms with van der Waals surface area (Å²) >= 11 is 0. The number of aromatic nitrogens is 3. The summed E-state index contributed by atoms with van der Waals surface area (Å²) in [7, 11) is 2.99. The molecule has 0 aliphatic rings. The minimum Gasteiger partial charge on any atom is -0.481 e. The van der Waals surface area contributed by atoms with Gasteiger partial charge in [-0.3, -0.25) is 18.7 Å². The molecule has 2 aromatic heterocycles. The van der Waals surface area contributed by atoms with Crippen LogP contribution in [0.4, 0.5) is 0 Å². The van der Waals surface area contributed by atoms with Crippen LogP contribution in [-0.4, -0.2) is 24.8 Å². The first-order valence-electron chi connectivity index (χ1n) is 5.39. The Morgan fingerprint density at radius 1 is 1.22 bits per heavy atom. The van der Waals surface area contributed by atoms with Gasteiger partial charge in [-0.15, -0.1) is 0 Å². The minimum absolute atomic E-state index is 0.0325. The summed E-state index contributed by atoms with van der Waals surface area (Å²) in [6.45, 7) is 0.265. The van der Waals surface area contributed by atoms with E-state index in [1.807, 2.05) is 0 Å². The predicted octanol–water partition coefficient (Wildman–Crippen LogP) is -0.487. The van der Waals surface area contributed by atoms with E-state index >= 15 is 0 Å². The maximum atomic E-state index is 11.9. The molecule has 0 bridgehead atoms. The quantitative estimate of drug-likeness (QED) is 0.797. The van der Waals surface area contributed by atoms with Gasteiger partial charge in [0.15, 0.2) is 0 Å². The van der Waals surface area contributed by atoms with Crippen LogP contribution in [0.15, 0.2) is 22.0 Å². The molecule has 2 rings (SSSR count). The van der Waals surface area contributed by atoms with Crippen molar-refractivity contribution in [3.8, 4) is 0 Å². The fourth-order valence-corrected chi connectivity index (χ4v) is 1.88. The molecule has 0 spiro atoms. The van der Waals surface area contributed by atoms with Crippen LogP contribution >= 0.6 is 0 Å². The number of aryl methyl sites for hydroxylation is 2. The molecule has 96 valence electrons. The number of rotatable bonds is 3. The molecule has 0 aromatic carbocycles. The van der Waals surface area contributed by atoms with E-state index in [2.05, 4.69) is 0 Å². The summed E-state index contributed by atoms with van der Waals surface area (Å²) in [5.74, 6) is -0.908. The SMILES string of the molecule is Cn1c(=O)c2cn(CCC(=O)O)cc2n(C)c1=O. The number of aliphatic carboxylic acids is 1. The molecule has 2 heterocycles. The van der Waals surface area contributed by atoms with E-state index in [9.17, 15) is 14.4 Å². The van der Waals surface area contributed by atoms with Gasteiger partial charge in [0.25, 0.3) is 5.56 Å². The third kappa shape index (κ3) is 1.83. The fraction of sp³-hybridized carbons (Fsp3) is 0.364. The van der Waals surface area contributed by atoms with Gasteiger partial charge < -0.3 is 9.67 Å². The van der Waals surface area contributed by atoms with Crippen LogP contribution < -0.4 is 11.2 Å². The third-order valence-electron chi connectivity index (χ3n) is 2.91. The average Bonchev–Trinajstić information content (AvgIpc) is 2.75. The molecular formula is C11H13N3O4. The molecule has 0 aliphatic carbocycles. The highest BCUT2D eigenvalue weighted by molar-refractivity contribution is 5.77. The highest BCUT2D eigenvalue weighted by atomic mass is 16.4. The van der Waals surface area contributed by atoms with Gasteiger partial charge in [-0.25, -0.2) is 4.79 Å². The number of fused-ring (bicyclic) bond motifs is 1. The molecule has 0 radical (unpaired) electrons. The van der Waals surface area contributed by atoms with E-state index in [1.165, 1.54) is 11.6 Å². The normalized spacial score (nSPS) is 11.0.